The molecule has 3 N–H and O–H groups in total. The number of halogens is 2. The van der Waals surface area contributed by atoms with Crippen LogP contribution in [0.5, 0.6) is 11.5 Å². The molecule has 6 heterocycles. The van der Waals surface area contributed by atoms with Crippen LogP contribution in [-0.4, -0.2) is 114 Å². The zero-order valence-corrected chi connectivity index (χ0v) is 51.5. The van der Waals surface area contributed by atoms with Gasteiger partial charge in [-0.3, -0.25) is 19.2 Å². The lowest BCUT2D eigenvalue weighted by Crippen LogP contribution is -2.48. The molecule has 4 aromatic heterocycles. The highest BCUT2D eigenvalue weighted by Gasteiger charge is 2.31. The molecule has 11 rings (SSSR count). The van der Waals surface area contributed by atoms with Gasteiger partial charge in [0.05, 0.1) is 12.6 Å². The van der Waals surface area contributed by atoms with Gasteiger partial charge in [-0.1, -0.05) is 15.9 Å². The first-order valence-electron chi connectivity index (χ1n) is 29.0. The van der Waals surface area contributed by atoms with Crippen molar-refractivity contribution in [3.8, 4) is 11.5 Å². The first-order chi connectivity index (χ1) is 41.0. The monoisotopic (exact) mass is 1240 g/mol. The van der Waals surface area contributed by atoms with Gasteiger partial charge in [0.1, 0.15) is 19.3 Å². The minimum atomic E-state index is -1.42. The smallest absolute Gasteiger partial charge is 0.379 e. The number of nitrogens with one attached hydrogen (secondary N) is 1. The number of aromatic nitrogens is 4. The van der Waals surface area contributed by atoms with Gasteiger partial charge >= 0.3 is 11.9 Å². The van der Waals surface area contributed by atoms with Crippen LogP contribution in [0.15, 0.2) is 138 Å². The second-order valence-electron chi connectivity index (χ2n) is 22.4. The number of ether oxygens (including phenoxy) is 3. The van der Waals surface area contributed by atoms with Gasteiger partial charge in [0.15, 0.2) is 17.3 Å². The molecule has 19 heteroatoms. The SMILES string of the molecule is CC(C)n1ccc2cc(Br)ccc21.CC(C)n1ccc2cc(C(=O)C(=O)N[C@H](CN3CCCC3)[C@H](O)c3cc(F)c4c(c3)OCCO4)ccc21.CC(C)n1ccc2cc(C(=O)C(=O)O)ccc21.CCOC(=O)C(=O)c1ccc2c(ccn2C(C)C)c1. The number of Topliss-reactive ketones (excluding diaryl/α,β-unsaturated/α-hetero) is 3. The molecule has 2 aliphatic rings. The molecule has 0 bridgehead atoms. The van der Waals surface area contributed by atoms with Crippen LogP contribution in [-0.2, 0) is 19.1 Å². The Hall–Kier alpha value is -8.39. The number of amides is 1. The number of aliphatic hydroxyl groups is 1. The molecule has 2 atom stereocenters. The van der Waals surface area contributed by atoms with Crippen molar-refractivity contribution < 1.29 is 57.6 Å². The zero-order chi connectivity index (χ0) is 62.1. The number of carbonyl (C=O) groups is 6. The summed E-state index contributed by atoms with van der Waals surface area (Å²) in [6.07, 6.45) is 8.79. The molecule has 1 saturated heterocycles. The molecule has 0 aliphatic carbocycles. The summed E-state index contributed by atoms with van der Waals surface area (Å²) in [7, 11) is 0. The van der Waals surface area contributed by atoms with E-state index in [2.05, 4.69) is 130 Å². The molecule has 5 aromatic carbocycles. The van der Waals surface area contributed by atoms with Gasteiger partial charge in [-0.05, 0) is 203 Å². The van der Waals surface area contributed by atoms with E-state index in [0.29, 0.717) is 30.2 Å². The van der Waals surface area contributed by atoms with Crippen LogP contribution in [0, 0.1) is 5.82 Å². The largest absolute Gasteiger partial charge is 0.486 e. The summed E-state index contributed by atoms with van der Waals surface area (Å²) >= 11 is 3.47. The quantitative estimate of drug-likeness (QED) is 0.0469. The highest BCUT2D eigenvalue weighted by atomic mass is 79.9. The molecule has 0 saturated carbocycles. The zero-order valence-electron chi connectivity index (χ0n) is 49.9. The molecule has 0 unspecified atom stereocenters. The number of hydrogen-bond donors (Lipinski definition) is 3. The van der Waals surface area contributed by atoms with Crippen LogP contribution < -0.4 is 14.8 Å². The van der Waals surface area contributed by atoms with E-state index in [9.17, 15) is 38.3 Å². The number of likely N-dealkylation sites (tertiary alicyclic amines) is 1. The third-order valence-electron chi connectivity index (χ3n) is 15.0. The lowest BCUT2D eigenvalue weighted by atomic mass is 9.99. The summed E-state index contributed by atoms with van der Waals surface area (Å²) in [5, 5.41) is 26.6. The van der Waals surface area contributed by atoms with Crippen molar-refractivity contribution >= 4 is 94.7 Å². The van der Waals surface area contributed by atoms with Gasteiger partial charge < -0.3 is 52.9 Å². The number of ketones is 3. The van der Waals surface area contributed by atoms with Gasteiger partial charge in [-0.25, -0.2) is 14.0 Å². The highest BCUT2D eigenvalue weighted by molar-refractivity contribution is 9.10. The minimum absolute atomic E-state index is 0.0131. The predicted octanol–water partition coefficient (Wildman–Crippen LogP) is 13.1. The summed E-state index contributed by atoms with van der Waals surface area (Å²) in [5.41, 5.74) is 5.44. The summed E-state index contributed by atoms with van der Waals surface area (Å²) in [4.78, 5) is 73.5. The van der Waals surface area contributed by atoms with Crippen molar-refractivity contribution in [1.82, 2.24) is 28.5 Å². The van der Waals surface area contributed by atoms with E-state index in [-0.39, 0.29) is 54.1 Å². The number of esters is 1. The normalized spacial score (nSPS) is 13.7. The van der Waals surface area contributed by atoms with E-state index >= 15 is 0 Å². The van der Waals surface area contributed by atoms with E-state index in [4.69, 9.17) is 19.3 Å². The van der Waals surface area contributed by atoms with Gasteiger partial charge in [0.2, 0.25) is 5.78 Å². The molecule has 1 amide bonds. The Balaban J connectivity index is 0.000000164. The van der Waals surface area contributed by atoms with E-state index < -0.39 is 53.2 Å². The van der Waals surface area contributed by atoms with Crippen molar-refractivity contribution in [3.63, 3.8) is 0 Å². The lowest BCUT2D eigenvalue weighted by molar-refractivity contribution is -0.137. The Morgan fingerprint density at radius 1 is 0.581 bits per heavy atom. The summed E-state index contributed by atoms with van der Waals surface area (Å²) in [6.45, 7) is 21.2. The molecule has 0 spiro atoms. The first-order valence-corrected chi connectivity index (χ1v) is 29.8. The van der Waals surface area contributed by atoms with Crippen LogP contribution >= 0.6 is 15.9 Å². The predicted molar refractivity (Wildman–Crippen MR) is 334 cm³/mol. The Morgan fingerprint density at radius 3 is 1.47 bits per heavy atom. The van der Waals surface area contributed by atoms with Crippen molar-refractivity contribution in [2.45, 2.75) is 111 Å². The number of aliphatic hydroxyl groups excluding tert-OH is 1. The fourth-order valence-corrected chi connectivity index (χ4v) is 11.0. The Labute approximate surface area is 507 Å². The number of fused-ring (bicyclic) bond motifs is 5. The molecule has 86 heavy (non-hydrogen) atoms. The number of rotatable bonds is 16. The Kier molecular flexibility index (Phi) is 20.9. The molecule has 1 fully saturated rings. The number of nitrogens with zero attached hydrogens (tertiary/aromatic N) is 5. The van der Waals surface area contributed by atoms with Gasteiger partial charge in [0.25, 0.3) is 17.5 Å². The topological polar surface area (TPSA) is 206 Å². The standard InChI is InChI=1S/C28H32FN3O5.C15H17NO3.C13H13NO3.C11H12BrN/c1-17(2)32-10-7-18-13-19(5-6-23(18)32)26(34)28(35)30-22(16-31-8-3-4-9-31)25(33)20-14-21(29)27-24(15-20)36-11-12-37-27;1-4-19-15(18)14(17)12-5-6-13-11(9-12)7-8-16(13)10(2)3;1-8(2)14-6-5-9-7-10(3-4-11(9)14)12(15)13(16)17;1-8(2)13-6-5-9-7-10(12)3-4-11(9)13/h5-7,10,13-15,17,22,25,33H,3-4,8-9,11-12,16H2,1-2H3,(H,30,35);5-10H,4H2,1-3H3;3-8H,1-2H3,(H,16,17);3-8H,1-2H3/t22-,25-;;;/m1.../s1. The molecule has 452 valence electrons. The van der Waals surface area contributed by atoms with Crippen LogP contribution in [0.1, 0.15) is 142 Å². The maximum atomic E-state index is 14.7. The van der Waals surface area contributed by atoms with Crippen LogP contribution in [0.25, 0.3) is 43.6 Å². The maximum Gasteiger partial charge on any atom is 0.379 e. The lowest BCUT2D eigenvalue weighted by Gasteiger charge is -2.29. The molecule has 17 nitrogen and oxygen atoms in total. The third-order valence-corrected chi connectivity index (χ3v) is 15.5. The molecular formula is C67H74BrFN6O11. The number of carboxylic acids is 1. The van der Waals surface area contributed by atoms with Gasteiger partial charge in [0, 0.05) is 120 Å². The van der Waals surface area contributed by atoms with Crippen molar-refractivity contribution in [1.29, 1.82) is 0 Å². The van der Waals surface area contributed by atoms with Crippen LogP contribution in [0.4, 0.5) is 4.39 Å². The summed E-state index contributed by atoms with van der Waals surface area (Å²) < 4.78 is 40.0. The second kappa shape index (κ2) is 28.2. The van der Waals surface area contributed by atoms with E-state index in [1.54, 1.807) is 49.4 Å². The second-order valence-corrected chi connectivity index (χ2v) is 23.3. The average Bonchev–Trinajstić information content (AvgIpc) is 2.47. The fourth-order valence-electron chi connectivity index (χ4n) is 10.7. The number of benzene rings is 5. The Morgan fingerprint density at radius 2 is 1.01 bits per heavy atom. The number of hydrogen-bond acceptors (Lipinski definition) is 11. The van der Waals surface area contributed by atoms with Crippen molar-refractivity contribution in [3.05, 3.63) is 167 Å². The number of carbonyl (C=O) groups excluding carboxylic acids is 5. The third kappa shape index (κ3) is 14.8. The van der Waals surface area contributed by atoms with Crippen LogP contribution in [0.2, 0.25) is 0 Å². The Bertz CT molecular complexity index is 3940. The van der Waals surface area contributed by atoms with E-state index in [1.807, 2.05) is 48.9 Å². The fraction of sp³-hybridized carbons (Fsp3) is 0.343. The first kappa shape index (κ1) is 63.6. The number of carboxylic acid groups (broad SMARTS) is 1. The number of aliphatic carboxylic acids is 1. The summed E-state index contributed by atoms with van der Waals surface area (Å²) in [5.74, 6) is -5.61. The van der Waals surface area contributed by atoms with Gasteiger partial charge in [-0.15, -0.1) is 0 Å². The average molecular weight is 1240 g/mol. The molecule has 9 aromatic rings. The highest BCUT2D eigenvalue weighted by Crippen LogP contribution is 2.37. The molecule has 0 radical (unpaired) electrons. The van der Waals surface area contributed by atoms with E-state index in [1.165, 1.54) is 23.0 Å². The van der Waals surface area contributed by atoms with Crippen LogP contribution in [0.3, 0.4) is 0 Å². The molecular weight excluding hydrogens is 1160 g/mol. The van der Waals surface area contributed by atoms with Crippen molar-refractivity contribution in [2.24, 2.45) is 0 Å². The van der Waals surface area contributed by atoms with Gasteiger partial charge in [-0.2, -0.15) is 0 Å². The molecule has 2 aliphatic heterocycles. The maximum absolute atomic E-state index is 14.7. The summed E-state index contributed by atoms with van der Waals surface area (Å²) in [6, 6.07) is 33.0. The van der Waals surface area contributed by atoms with E-state index in [0.717, 1.165) is 63.1 Å². The minimum Gasteiger partial charge on any atom is -0.486 e. The van der Waals surface area contributed by atoms with Crippen molar-refractivity contribution in [2.75, 3.05) is 39.5 Å².